The van der Waals surface area contributed by atoms with E-state index >= 15 is 0 Å². The van der Waals surface area contributed by atoms with Gasteiger partial charge in [0.05, 0.1) is 0 Å². The monoisotopic (exact) mass is 326 g/mol. The maximum Gasteiger partial charge on any atom is 0.115 e. The van der Waals surface area contributed by atoms with Crippen molar-refractivity contribution in [3.05, 3.63) is 59.2 Å². The highest BCUT2D eigenvalue weighted by molar-refractivity contribution is 7.99. The van der Waals surface area contributed by atoms with Crippen LogP contribution in [0.4, 0.5) is 0 Å². The molecule has 1 heterocycles. The molecule has 3 rings (SSSR count). The van der Waals surface area contributed by atoms with Crippen LogP contribution in [0.5, 0.6) is 5.75 Å². The maximum atomic E-state index is 9.35. The van der Waals surface area contributed by atoms with E-state index in [1.165, 1.54) is 21.6 Å². The van der Waals surface area contributed by atoms with Gasteiger partial charge in [-0.1, -0.05) is 52.0 Å². The van der Waals surface area contributed by atoms with Crippen molar-refractivity contribution >= 4 is 23.4 Å². The van der Waals surface area contributed by atoms with E-state index in [4.69, 9.17) is 0 Å². The summed E-state index contributed by atoms with van der Waals surface area (Å²) in [5.41, 5.74) is 5.35. The lowest BCUT2D eigenvalue weighted by Crippen LogP contribution is -2.15. The summed E-state index contributed by atoms with van der Waals surface area (Å²) in [6, 6.07) is 14.1. The number of phenolic OH excluding ortho intramolecular Hbond substituents is 1. The summed E-state index contributed by atoms with van der Waals surface area (Å²) in [7, 11) is 0. The largest absolute Gasteiger partial charge is 0.508 e. The van der Waals surface area contributed by atoms with E-state index in [0.717, 1.165) is 11.3 Å². The van der Waals surface area contributed by atoms with Crippen LogP contribution in [-0.4, -0.2) is 10.9 Å². The quantitative estimate of drug-likeness (QED) is 0.648. The van der Waals surface area contributed by atoms with Crippen LogP contribution in [0.15, 0.2) is 47.4 Å². The van der Waals surface area contributed by atoms with Crippen LogP contribution in [0, 0.1) is 0 Å². The Morgan fingerprint density at radius 2 is 1.74 bits per heavy atom. The third-order valence-electron chi connectivity index (χ3n) is 4.03. The highest BCUT2D eigenvalue weighted by Gasteiger charge is 2.30. The number of fused-ring (bicyclic) bond motifs is 1. The molecular weight excluding hydrogens is 300 g/mol. The number of allylic oxidation sites excluding steroid dienone is 1. The van der Waals surface area contributed by atoms with Gasteiger partial charge in [-0.3, -0.25) is 0 Å². The average molecular weight is 327 g/mol. The minimum absolute atomic E-state index is 0.259. The van der Waals surface area contributed by atoms with Crippen molar-refractivity contribution in [3.8, 4) is 5.75 Å². The summed E-state index contributed by atoms with van der Waals surface area (Å²) < 4.78 is 0. The van der Waals surface area contributed by atoms with Gasteiger partial charge in [-0.05, 0) is 53.5 Å². The van der Waals surface area contributed by atoms with Gasteiger partial charge in [-0.25, -0.2) is 0 Å². The molecular formula is C21H26OS. The number of phenols is 1. The molecule has 0 radical (unpaired) electrons. The fourth-order valence-corrected chi connectivity index (χ4v) is 4.00. The topological polar surface area (TPSA) is 20.2 Å². The molecule has 1 nitrogen and oxygen atoms in total. The zero-order valence-electron chi connectivity index (χ0n) is 14.7. The molecule has 1 N–H and O–H groups in total. The molecule has 0 amide bonds. The van der Waals surface area contributed by atoms with Crippen molar-refractivity contribution in [2.24, 2.45) is 0 Å². The first-order chi connectivity index (χ1) is 11.0. The van der Waals surface area contributed by atoms with Crippen molar-refractivity contribution in [1.82, 2.24) is 0 Å². The van der Waals surface area contributed by atoms with Gasteiger partial charge in [-0.2, -0.15) is 0 Å². The van der Waals surface area contributed by atoms with Crippen molar-refractivity contribution < 1.29 is 5.11 Å². The first kappa shape index (κ1) is 17.7. The van der Waals surface area contributed by atoms with Crippen LogP contribution >= 0.6 is 11.8 Å². The number of thioether (sulfide) groups is 1. The van der Waals surface area contributed by atoms with Gasteiger partial charge in [0.15, 0.2) is 0 Å². The number of benzene rings is 2. The minimum atomic E-state index is 0.259. The van der Waals surface area contributed by atoms with Crippen molar-refractivity contribution in [2.75, 3.05) is 5.75 Å². The van der Waals surface area contributed by atoms with E-state index in [-0.39, 0.29) is 5.41 Å². The van der Waals surface area contributed by atoms with E-state index in [1.54, 1.807) is 12.1 Å². The number of rotatable bonds is 2. The summed E-state index contributed by atoms with van der Waals surface area (Å²) in [4.78, 5) is 1.42. The second-order valence-electron chi connectivity index (χ2n) is 6.30. The van der Waals surface area contributed by atoms with Crippen LogP contribution < -0.4 is 0 Å². The van der Waals surface area contributed by atoms with Gasteiger partial charge in [0, 0.05) is 16.1 Å². The summed E-state index contributed by atoms with van der Waals surface area (Å²) in [5.74, 6) is 1.47. The average Bonchev–Trinajstić information content (AvgIpc) is 2.86. The molecule has 0 spiro atoms. The lowest BCUT2D eigenvalue weighted by Gasteiger charge is -2.18. The van der Waals surface area contributed by atoms with Gasteiger partial charge in [-0.15, -0.1) is 11.8 Å². The normalized spacial score (nSPS) is 15.6. The van der Waals surface area contributed by atoms with Crippen LogP contribution in [0.1, 0.15) is 51.3 Å². The van der Waals surface area contributed by atoms with E-state index in [1.807, 2.05) is 37.7 Å². The Kier molecular flexibility index (Phi) is 5.59. The Hall–Kier alpha value is -1.67. The molecule has 0 atom stereocenters. The van der Waals surface area contributed by atoms with Crippen LogP contribution in [-0.2, 0) is 5.41 Å². The first-order valence-electron chi connectivity index (χ1n) is 8.21. The molecule has 0 fully saturated rings. The maximum absolute atomic E-state index is 9.35. The summed E-state index contributed by atoms with van der Waals surface area (Å²) >= 11 is 1.95. The number of hydrogen-bond acceptors (Lipinski definition) is 2. The molecule has 2 aromatic rings. The second-order valence-corrected chi connectivity index (χ2v) is 7.32. The van der Waals surface area contributed by atoms with Crippen LogP contribution in [0.25, 0.3) is 11.6 Å². The van der Waals surface area contributed by atoms with E-state index in [9.17, 15) is 5.11 Å². The Labute approximate surface area is 144 Å². The van der Waals surface area contributed by atoms with Gasteiger partial charge in [0.2, 0.25) is 0 Å². The van der Waals surface area contributed by atoms with Crippen molar-refractivity contribution in [2.45, 2.75) is 44.9 Å². The molecule has 1 aliphatic rings. The Morgan fingerprint density at radius 3 is 2.39 bits per heavy atom. The number of aromatic hydroxyl groups is 1. The molecule has 0 saturated heterocycles. The van der Waals surface area contributed by atoms with Gasteiger partial charge < -0.3 is 5.11 Å². The van der Waals surface area contributed by atoms with Gasteiger partial charge >= 0.3 is 0 Å². The third kappa shape index (κ3) is 4.00. The fraction of sp³-hybridized carbons (Fsp3) is 0.333. The zero-order chi connectivity index (χ0) is 17.0. The zero-order valence-corrected chi connectivity index (χ0v) is 15.5. The lowest BCUT2D eigenvalue weighted by molar-refractivity contribution is 0.475. The molecule has 0 unspecified atom stereocenters. The lowest BCUT2D eigenvalue weighted by atomic mass is 9.85. The van der Waals surface area contributed by atoms with Crippen molar-refractivity contribution in [3.63, 3.8) is 0 Å². The van der Waals surface area contributed by atoms with E-state index < -0.39 is 0 Å². The predicted octanol–water partition coefficient (Wildman–Crippen LogP) is 6.36. The molecule has 0 aromatic heterocycles. The standard InChI is InChI=1S/C19H20OS.C2H6/c1-13(10-14-4-7-16(20)8-5-14)15-6-9-18-17(11-15)19(2,3)12-21-18;1-2/h4-11,20H,12H2,1-3H3;1-2H3/b13-10+;. The Morgan fingerprint density at radius 1 is 1.09 bits per heavy atom. The highest BCUT2D eigenvalue weighted by Crippen LogP contribution is 2.44. The van der Waals surface area contributed by atoms with Crippen LogP contribution in [0.2, 0.25) is 0 Å². The Bertz CT molecular complexity index is 696. The van der Waals surface area contributed by atoms with Gasteiger partial charge in [0.1, 0.15) is 5.75 Å². The van der Waals surface area contributed by atoms with Crippen molar-refractivity contribution in [1.29, 1.82) is 0 Å². The molecule has 122 valence electrons. The smallest absolute Gasteiger partial charge is 0.115 e. The molecule has 0 aliphatic carbocycles. The minimum Gasteiger partial charge on any atom is -0.508 e. The molecule has 0 saturated carbocycles. The van der Waals surface area contributed by atoms with Crippen LogP contribution in [0.3, 0.4) is 0 Å². The number of hydrogen-bond donors (Lipinski definition) is 1. The summed E-state index contributed by atoms with van der Waals surface area (Å²) in [6.45, 7) is 10.8. The van der Waals surface area contributed by atoms with Gasteiger partial charge in [0.25, 0.3) is 0 Å². The Balaban J connectivity index is 0.000000924. The fourth-order valence-electron chi connectivity index (χ4n) is 2.67. The second kappa shape index (κ2) is 7.27. The molecule has 1 aliphatic heterocycles. The van der Waals surface area contributed by atoms with E-state index in [2.05, 4.69) is 45.0 Å². The molecule has 2 heteroatoms. The molecule has 0 bridgehead atoms. The first-order valence-corrected chi connectivity index (χ1v) is 9.19. The predicted molar refractivity (Wildman–Crippen MR) is 103 cm³/mol. The summed E-state index contributed by atoms with van der Waals surface area (Å²) in [5, 5.41) is 9.35. The third-order valence-corrected chi connectivity index (χ3v) is 5.56. The summed E-state index contributed by atoms with van der Waals surface area (Å²) in [6.07, 6.45) is 2.16. The molecule has 2 aromatic carbocycles. The molecule has 23 heavy (non-hydrogen) atoms. The SMILES string of the molecule is C/C(=C\c1ccc(O)cc1)c1ccc2c(c1)C(C)(C)CS2.CC. The highest BCUT2D eigenvalue weighted by atomic mass is 32.2. The van der Waals surface area contributed by atoms with E-state index in [0.29, 0.717) is 5.75 Å².